The van der Waals surface area contributed by atoms with E-state index in [1.54, 1.807) is 0 Å². The quantitative estimate of drug-likeness (QED) is 0.437. The lowest BCUT2D eigenvalue weighted by molar-refractivity contribution is 0.0176. The summed E-state index contributed by atoms with van der Waals surface area (Å²) in [4.78, 5) is 14.7. The van der Waals surface area contributed by atoms with Crippen molar-refractivity contribution in [1.29, 1.82) is 0 Å². The minimum atomic E-state index is -0.701. The molecule has 0 aliphatic carbocycles. The van der Waals surface area contributed by atoms with Gasteiger partial charge in [0.1, 0.15) is 6.61 Å². The van der Waals surface area contributed by atoms with Crippen molar-refractivity contribution in [3.63, 3.8) is 0 Å². The summed E-state index contributed by atoms with van der Waals surface area (Å²) in [5.41, 5.74) is 0.150. The molecule has 5 heteroatoms. The van der Waals surface area contributed by atoms with Crippen molar-refractivity contribution in [2.75, 3.05) is 13.2 Å². The van der Waals surface area contributed by atoms with Crippen LogP contribution in [0.5, 0.6) is 0 Å². The first kappa shape index (κ1) is 12.6. The van der Waals surface area contributed by atoms with Gasteiger partial charge in [0, 0.05) is 12.3 Å². The molecular weight excluding hydrogens is 213 g/mol. The highest BCUT2D eigenvalue weighted by atomic mass is 19.1. The van der Waals surface area contributed by atoms with E-state index in [0.29, 0.717) is 6.61 Å². The van der Waals surface area contributed by atoms with E-state index in [-0.39, 0.29) is 18.3 Å². The van der Waals surface area contributed by atoms with Gasteiger partial charge in [-0.3, -0.25) is 0 Å². The molecular formula is C11H14FNO3. The molecule has 16 heavy (non-hydrogen) atoms. The van der Waals surface area contributed by atoms with Crippen molar-refractivity contribution < 1.29 is 18.7 Å². The maximum absolute atomic E-state index is 12.7. The summed E-state index contributed by atoms with van der Waals surface area (Å²) in [5.74, 6) is -1.28. The predicted octanol–water partition coefficient (Wildman–Crippen LogP) is 1.80. The van der Waals surface area contributed by atoms with E-state index in [1.807, 2.05) is 13.8 Å². The van der Waals surface area contributed by atoms with Crippen LogP contribution in [0, 0.1) is 5.95 Å². The van der Waals surface area contributed by atoms with Gasteiger partial charge in [-0.2, -0.15) is 4.39 Å². The van der Waals surface area contributed by atoms with Crippen molar-refractivity contribution in [1.82, 2.24) is 4.98 Å². The highest BCUT2D eigenvalue weighted by molar-refractivity contribution is 5.89. The van der Waals surface area contributed by atoms with Crippen LogP contribution in [-0.4, -0.2) is 30.3 Å². The predicted molar refractivity (Wildman–Crippen MR) is 55.6 cm³/mol. The number of nitrogens with zero attached hydrogens (tertiary/aromatic N) is 1. The fourth-order valence-corrected chi connectivity index (χ4v) is 1.03. The maximum Gasteiger partial charge on any atom is 0.338 e. The van der Waals surface area contributed by atoms with Crippen LogP contribution in [0.4, 0.5) is 4.39 Å². The Hall–Kier alpha value is -1.49. The average Bonchev–Trinajstić information content (AvgIpc) is 2.24. The number of pyridine rings is 1. The molecule has 0 amide bonds. The van der Waals surface area contributed by atoms with Crippen LogP contribution in [-0.2, 0) is 9.47 Å². The van der Waals surface area contributed by atoms with Crippen LogP contribution in [0.3, 0.4) is 0 Å². The lowest BCUT2D eigenvalue weighted by atomic mass is 10.3. The monoisotopic (exact) mass is 227 g/mol. The molecule has 0 radical (unpaired) electrons. The summed E-state index contributed by atoms with van der Waals surface area (Å²) in [6, 6.07) is 2.43. The van der Waals surface area contributed by atoms with Crippen LogP contribution in [0.15, 0.2) is 18.3 Å². The number of carbonyl (C=O) groups excluding carboxylic acids is 1. The van der Waals surface area contributed by atoms with Crippen LogP contribution in [0.25, 0.3) is 0 Å². The Kier molecular flexibility index (Phi) is 4.85. The summed E-state index contributed by atoms with van der Waals surface area (Å²) >= 11 is 0. The lowest BCUT2D eigenvalue weighted by Crippen LogP contribution is -2.13. The normalized spacial score (nSPS) is 10.5. The molecule has 0 N–H and O–H groups in total. The smallest absolute Gasteiger partial charge is 0.338 e. The SMILES string of the molecule is CC(C)OCCOC(=O)c1ccnc(F)c1. The molecule has 1 aromatic heterocycles. The molecule has 1 rings (SSSR count). The van der Waals surface area contributed by atoms with E-state index in [0.717, 1.165) is 6.07 Å². The Balaban J connectivity index is 2.35. The molecule has 1 heterocycles. The Bertz CT molecular complexity index is 355. The highest BCUT2D eigenvalue weighted by Gasteiger charge is 2.08. The van der Waals surface area contributed by atoms with Gasteiger partial charge in [-0.05, 0) is 19.9 Å². The minimum Gasteiger partial charge on any atom is -0.460 e. The van der Waals surface area contributed by atoms with Crippen LogP contribution in [0.2, 0.25) is 0 Å². The molecule has 0 aliphatic rings. The first-order chi connectivity index (χ1) is 7.59. The second-order valence-electron chi connectivity index (χ2n) is 3.42. The summed E-state index contributed by atoms with van der Waals surface area (Å²) in [7, 11) is 0. The number of hydrogen-bond donors (Lipinski definition) is 0. The molecule has 88 valence electrons. The first-order valence-corrected chi connectivity index (χ1v) is 5.00. The number of rotatable bonds is 5. The molecule has 0 bridgehead atoms. The third kappa shape index (κ3) is 4.35. The van der Waals surface area contributed by atoms with E-state index in [1.165, 1.54) is 12.3 Å². The van der Waals surface area contributed by atoms with Gasteiger partial charge in [-0.1, -0.05) is 0 Å². The minimum absolute atomic E-state index is 0.0945. The Labute approximate surface area is 93.4 Å². The third-order valence-electron chi connectivity index (χ3n) is 1.73. The van der Waals surface area contributed by atoms with Gasteiger partial charge in [0.15, 0.2) is 0 Å². The molecule has 0 saturated carbocycles. The fraction of sp³-hybridized carbons (Fsp3) is 0.455. The van der Waals surface area contributed by atoms with Crippen LogP contribution >= 0.6 is 0 Å². The van der Waals surface area contributed by atoms with Gasteiger partial charge in [-0.15, -0.1) is 0 Å². The molecule has 4 nitrogen and oxygen atoms in total. The molecule has 0 atom stereocenters. The Morgan fingerprint density at radius 3 is 2.88 bits per heavy atom. The first-order valence-electron chi connectivity index (χ1n) is 5.00. The summed E-state index contributed by atoms with van der Waals surface area (Å²) in [5, 5.41) is 0. The lowest BCUT2D eigenvalue weighted by Gasteiger charge is -2.08. The summed E-state index contributed by atoms with van der Waals surface area (Å²) < 4.78 is 22.7. The van der Waals surface area contributed by atoms with Crippen molar-refractivity contribution in [2.24, 2.45) is 0 Å². The van der Waals surface area contributed by atoms with E-state index >= 15 is 0 Å². The number of aromatic nitrogens is 1. The zero-order chi connectivity index (χ0) is 12.0. The van der Waals surface area contributed by atoms with E-state index in [4.69, 9.17) is 9.47 Å². The number of esters is 1. The topological polar surface area (TPSA) is 48.4 Å². The molecule has 0 aliphatic heterocycles. The van der Waals surface area contributed by atoms with Crippen molar-refractivity contribution in [3.8, 4) is 0 Å². The molecule has 0 saturated heterocycles. The van der Waals surface area contributed by atoms with Gasteiger partial charge in [-0.25, -0.2) is 9.78 Å². The molecule has 0 unspecified atom stereocenters. The number of hydrogen-bond acceptors (Lipinski definition) is 4. The number of carbonyl (C=O) groups is 1. The van der Waals surface area contributed by atoms with Crippen molar-refractivity contribution in [2.45, 2.75) is 20.0 Å². The highest BCUT2D eigenvalue weighted by Crippen LogP contribution is 2.02. The fourth-order valence-electron chi connectivity index (χ4n) is 1.03. The number of halogens is 1. The van der Waals surface area contributed by atoms with E-state index in [9.17, 15) is 9.18 Å². The van der Waals surface area contributed by atoms with E-state index in [2.05, 4.69) is 4.98 Å². The Morgan fingerprint density at radius 1 is 1.50 bits per heavy atom. The van der Waals surface area contributed by atoms with Gasteiger partial charge in [0.05, 0.1) is 18.3 Å². The molecule has 0 spiro atoms. The summed E-state index contributed by atoms with van der Waals surface area (Å²) in [6.07, 6.45) is 1.31. The average molecular weight is 227 g/mol. The van der Waals surface area contributed by atoms with Gasteiger partial charge >= 0.3 is 5.97 Å². The molecule has 0 fully saturated rings. The molecule has 0 aromatic carbocycles. The zero-order valence-corrected chi connectivity index (χ0v) is 9.27. The third-order valence-corrected chi connectivity index (χ3v) is 1.73. The van der Waals surface area contributed by atoms with Gasteiger partial charge < -0.3 is 9.47 Å². The van der Waals surface area contributed by atoms with Crippen molar-refractivity contribution >= 4 is 5.97 Å². The van der Waals surface area contributed by atoms with E-state index < -0.39 is 11.9 Å². The van der Waals surface area contributed by atoms with Gasteiger partial charge in [0.25, 0.3) is 0 Å². The summed E-state index contributed by atoms with van der Waals surface area (Å²) in [6.45, 7) is 4.26. The standard InChI is InChI=1S/C11H14FNO3/c1-8(2)15-5-6-16-11(14)9-3-4-13-10(12)7-9/h3-4,7-8H,5-6H2,1-2H3. The van der Waals surface area contributed by atoms with Gasteiger partial charge in [0.2, 0.25) is 5.95 Å². The second kappa shape index (κ2) is 6.17. The second-order valence-corrected chi connectivity index (χ2v) is 3.42. The number of ether oxygens (including phenoxy) is 2. The Morgan fingerprint density at radius 2 is 2.25 bits per heavy atom. The zero-order valence-electron chi connectivity index (χ0n) is 9.27. The van der Waals surface area contributed by atoms with Crippen LogP contribution < -0.4 is 0 Å². The van der Waals surface area contributed by atoms with Crippen molar-refractivity contribution in [3.05, 3.63) is 29.8 Å². The largest absolute Gasteiger partial charge is 0.460 e. The molecule has 1 aromatic rings. The van der Waals surface area contributed by atoms with Crippen LogP contribution in [0.1, 0.15) is 24.2 Å². The maximum atomic E-state index is 12.7.